The number of methoxy groups -OCH3 is 2. The number of ether oxygens (including phenoxy) is 4. The van der Waals surface area contributed by atoms with E-state index in [1.54, 1.807) is 34.3 Å². The highest BCUT2D eigenvalue weighted by Gasteiger charge is 2.49. The Labute approximate surface area is 365 Å². The number of alkyl halides is 1. The van der Waals surface area contributed by atoms with Crippen LogP contribution < -0.4 is 32.0 Å². The Morgan fingerprint density at radius 2 is 1.03 bits per heavy atom. The van der Waals surface area contributed by atoms with E-state index in [4.69, 9.17) is 30.5 Å². The molecule has 2 saturated carbocycles. The monoisotopic (exact) mass is 868 g/mol. The summed E-state index contributed by atoms with van der Waals surface area (Å²) in [6, 6.07) is 25.8. The lowest BCUT2D eigenvalue weighted by Crippen LogP contribution is -2.33. The topological polar surface area (TPSA) is 167 Å². The summed E-state index contributed by atoms with van der Waals surface area (Å²) in [6.07, 6.45) is 5.83. The molecule has 0 amide bonds. The number of H-pyrrole nitrogens is 2. The smallest absolute Gasteiger partial charge is 0.330 e. The zero-order chi connectivity index (χ0) is 44.5. The van der Waals surface area contributed by atoms with E-state index < -0.39 is 16.8 Å². The van der Waals surface area contributed by atoms with Gasteiger partial charge in [0.2, 0.25) is 0 Å². The van der Waals surface area contributed by atoms with Crippen molar-refractivity contribution in [2.45, 2.75) is 95.9 Å². The highest BCUT2D eigenvalue weighted by atomic mass is 35.5. The molecule has 9 rings (SSSR count). The summed E-state index contributed by atoms with van der Waals surface area (Å²) in [5.74, 6) is 3.71. The fourth-order valence-electron chi connectivity index (χ4n) is 9.81. The Balaban J connectivity index is 0.000000141. The standard InChI is InChI=1S/C21H19ClO2.C14H20N2O3.C13H18N2O4/c1-23-19-12-8-17(9-13-19)21(22,16-6-4-3-5-7-16)18-10-14-20(24-2)15-11-18;1-7-4-8(2)12-10(7)5-11(19-12)16-6-9(3)13(17)15-14(16)18;1-6-3-9(16)8-4-10(19-11(6)8)15-5-7(2)12(17)14-13(15)18/h3-15H,1-2H3;6-8,10-12H,4-5H2,1-3H3,(H,15,17,18);5-6,8-11,16H,3-4H2,1-2H3,(H,14,17,18)/t;7-,8-,10+,11?,12-;6-,8+,9-,10?,11-/m.11/s1. The largest absolute Gasteiger partial charge is 0.497 e. The van der Waals surface area contributed by atoms with Gasteiger partial charge in [-0.1, -0.05) is 75.4 Å². The van der Waals surface area contributed by atoms with Crippen LogP contribution in [0.4, 0.5) is 0 Å². The van der Waals surface area contributed by atoms with Crippen molar-refractivity contribution >= 4 is 11.6 Å². The molecule has 3 aromatic carbocycles. The summed E-state index contributed by atoms with van der Waals surface area (Å²) in [4.78, 5) is 50.3. The summed E-state index contributed by atoms with van der Waals surface area (Å²) in [5.41, 5.74) is 2.50. The Kier molecular flexibility index (Phi) is 13.5. The summed E-state index contributed by atoms with van der Waals surface area (Å²) in [6.45, 7) is 9.88. The van der Waals surface area contributed by atoms with E-state index in [0.29, 0.717) is 41.2 Å². The molecule has 330 valence electrons. The maximum absolute atomic E-state index is 11.9. The Morgan fingerprint density at radius 1 is 0.613 bits per heavy atom. The Bertz CT molecular complexity index is 2370. The van der Waals surface area contributed by atoms with Gasteiger partial charge in [0.15, 0.2) is 0 Å². The van der Waals surface area contributed by atoms with E-state index in [0.717, 1.165) is 41.0 Å². The zero-order valence-corrected chi connectivity index (χ0v) is 37.0. The molecule has 2 unspecified atom stereocenters. The summed E-state index contributed by atoms with van der Waals surface area (Å²) < 4.78 is 25.5. The van der Waals surface area contributed by atoms with Gasteiger partial charge < -0.3 is 24.1 Å². The number of hydrogen-bond acceptors (Lipinski definition) is 9. The number of halogens is 1. The number of nitrogens with one attached hydrogen (secondary N) is 2. The minimum atomic E-state index is -0.778. The van der Waals surface area contributed by atoms with Crippen LogP contribution in [0.15, 0.2) is 110 Å². The molecule has 2 aliphatic carbocycles. The van der Waals surface area contributed by atoms with Gasteiger partial charge in [-0.25, -0.2) is 9.59 Å². The third-order valence-corrected chi connectivity index (χ3v) is 13.8. The van der Waals surface area contributed by atoms with Crippen molar-refractivity contribution in [3.8, 4) is 11.5 Å². The van der Waals surface area contributed by atoms with Crippen LogP contribution in [0.25, 0.3) is 0 Å². The molecule has 0 radical (unpaired) electrons. The first kappa shape index (κ1) is 44.8. The molecule has 5 aromatic rings. The predicted octanol–water partition coefficient (Wildman–Crippen LogP) is 6.81. The predicted molar refractivity (Wildman–Crippen MR) is 237 cm³/mol. The molecular formula is C48H57ClN4O9. The van der Waals surface area contributed by atoms with Crippen molar-refractivity contribution in [2.75, 3.05) is 14.2 Å². The molecule has 10 atom stereocenters. The van der Waals surface area contributed by atoms with Crippen molar-refractivity contribution in [3.63, 3.8) is 0 Å². The van der Waals surface area contributed by atoms with Gasteiger partial charge in [0.25, 0.3) is 11.1 Å². The van der Waals surface area contributed by atoms with Crippen molar-refractivity contribution in [1.82, 2.24) is 19.1 Å². The maximum atomic E-state index is 11.9. The molecule has 4 heterocycles. The highest BCUT2D eigenvalue weighted by Crippen LogP contribution is 2.49. The molecular weight excluding hydrogens is 812 g/mol. The molecule has 4 aliphatic rings. The van der Waals surface area contributed by atoms with E-state index in [-0.39, 0.29) is 47.3 Å². The minimum Gasteiger partial charge on any atom is -0.497 e. The number of aryl methyl sites for hydroxylation is 2. The molecule has 2 aromatic heterocycles. The fourth-order valence-corrected chi connectivity index (χ4v) is 10.2. The second-order valence-electron chi connectivity index (χ2n) is 17.3. The molecule has 3 N–H and O–H groups in total. The molecule has 62 heavy (non-hydrogen) atoms. The van der Waals surface area contributed by atoms with Crippen molar-refractivity contribution in [1.29, 1.82) is 0 Å². The van der Waals surface area contributed by atoms with Gasteiger partial charge in [0.05, 0.1) is 32.5 Å². The first-order chi connectivity index (χ1) is 29.6. The quantitative estimate of drug-likeness (QED) is 0.118. The van der Waals surface area contributed by atoms with Gasteiger partial charge in [-0.15, -0.1) is 11.6 Å². The number of hydrogen-bond donors (Lipinski definition) is 3. The van der Waals surface area contributed by atoms with Crippen LogP contribution >= 0.6 is 11.6 Å². The van der Waals surface area contributed by atoms with Crippen LogP contribution in [0, 0.1) is 43.4 Å². The fraction of sp³-hybridized carbons (Fsp3) is 0.458. The SMILES string of the molecule is COc1ccc(C(Cl)(c2ccccc2)c2ccc(OC)cc2)cc1.Cc1cn(C2C[C@@H]3[C@H](O2)[C@H](C)C[C@H]3C)c(=O)[nH]c1=O.Cc1cn(C2C[C@@H]3[C@H](O2)[C@H](C)C[C@H]3O)c(=O)[nH]c1=O. The Hall–Kier alpha value is -5.21. The number of aliphatic hydroxyl groups excluding tert-OH is 1. The van der Waals surface area contributed by atoms with Gasteiger partial charge in [0, 0.05) is 35.9 Å². The van der Waals surface area contributed by atoms with Gasteiger partial charge in [-0.2, -0.15) is 0 Å². The van der Waals surface area contributed by atoms with E-state index >= 15 is 0 Å². The first-order valence-electron chi connectivity index (χ1n) is 21.3. The second kappa shape index (κ2) is 18.6. The zero-order valence-electron chi connectivity index (χ0n) is 36.2. The van der Waals surface area contributed by atoms with Gasteiger partial charge >= 0.3 is 11.4 Å². The second-order valence-corrected chi connectivity index (χ2v) is 17.9. The average molecular weight is 869 g/mol. The van der Waals surface area contributed by atoms with Gasteiger partial charge in [-0.05, 0) is 97.7 Å². The molecule has 0 bridgehead atoms. The van der Waals surface area contributed by atoms with E-state index in [1.165, 1.54) is 21.8 Å². The van der Waals surface area contributed by atoms with E-state index in [9.17, 15) is 24.3 Å². The molecule has 4 fully saturated rings. The van der Waals surface area contributed by atoms with Crippen LogP contribution in [0.2, 0.25) is 0 Å². The number of aromatic amines is 2. The van der Waals surface area contributed by atoms with E-state index in [1.807, 2.05) is 78.9 Å². The number of benzene rings is 3. The van der Waals surface area contributed by atoms with Crippen LogP contribution in [0.3, 0.4) is 0 Å². The van der Waals surface area contributed by atoms with Crippen molar-refractivity contribution in [2.24, 2.45) is 29.6 Å². The Morgan fingerprint density at radius 3 is 1.47 bits per heavy atom. The summed E-state index contributed by atoms with van der Waals surface area (Å²) in [5, 5.41) is 9.98. The lowest BCUT2D eigenvalue weighted by atomic mass is 9.84. The highest BCUT2D eigenvalue weighted by molar-refractivity contribution is 6.28. The van der Waals surface area contributed by atoms with Gasteiger partial charge in [0.1, 0.15) is 28.8 Å². The number of aromatic nitrogens is 4. The molecule has 14 heteroatoms. The maximum Gasteiger partial charge on any atom is 0.330 e. The lowest BCUT2D eigenvalue weighted by molar-refractivity contribution is -0.0222. The van der Waals surface area contributed by atoms with Gasteiger partial charge in [-0.3, -0.25) is 28.7 Å². The third kappa shape index (κ3) is 8.99. The molecule has 2 aliphatic heterocycles. The summed E-state index contributed by atoms with van der Waals surface area (Å²) >= 11 is 7.22. The molecule has 0 spiro atoms. The van der Waals surface area contributed by atoms with E-state index in [2.05, 4.69) is 30.7 Å². The average Bonchev–Trinajstić information content (AvgIpc) is 4.04. The lowest BCUT2D eigenvalue weighted by Gasteiger charge is -2.29. The van der Waals surface area contributed by atoms with Crippen LogP contribution in [0.1, 0.15) is 86.7 Å². The minimum absolute atomic E-state index is 0.000802. The summed E-state index contributed by atoms with van der Waals surface area (Å²) in [7, 11) is 3.31. The first-order valence-corrected chi connectivity index (χ1v) is 21.7. The van der Waals surface area contributed by atoms with Crippen LogP contribution in [-0.2, 0) is 14.3 Å². The van der Waals surface area contributed by atoms with Crippen molar-refractivity contribution < 1.29 is 24.1 Å². The molecule has 2 saturated heterocycles. The van der Waals surface area contributed by atoms with Crippen LogP contribution in [-0.4, -0.2) is 56.7 Å². The molecule has 13 nitrogen and oxygen atoms in total. The third-order valence-electron chi connectivity index (χ3n) is 13.2. The number of rotatable bonds is 7. The number of aliphatic hydroxyl groups is 1. The van der Waals surface area contributed by atoms with Crippen LogP contribution in [0.5, 0.6) is 11.5 Å². The van der Waals surface area contributed by atoms with Crippen molar-refractivity contribution in [3.05, 3.63) is 161 Å². The normalized spacial score (nSPS) is 27.3. The number of fused-ring (bicyclic) bond motifs is 2. The number of nitrogens with zero attached hydrogens (tertiary/aromatic N) is 2.